The maximum absolute atomic E-state index is 11.4. The van der Waals surface area contributed by atoms with Crippen LogP contribution in [0.2, 0.25) is 0 Å². The van der Waals surface area contributed by atoms with Gasteiger partial charge in [-0.1, -0.05) is 33.8 Å². The van der Waals surface area contributed by atoms with Crippen LogP contribution in [-0.4, -0.2) is 34.8 Å². The van der Waals surface area contributed by atoms with Crippen LogP contribution in [0.1, 0.15) is 39.2 Å². The Morgan fingerprint density at radius 3 is 2.44 bits per heavy atom. The van der Waals surface area contributed by atoms with E-state index in [0.29, 0.717) is 17.4 Å². The summed E-state index contributed by atoms with van der Waals surface area (Å²) in [5.41, 5.74) is 2.34. The second kappa shape index (κ2) is 8.81. The Bertz CT molecular complexity index is 806. The van der Waals surface area contributed by atoms with E-state index in [1.54, 1.807) is 13.2 Å². The van der Waals surface area contributed by atoms with Crippen molar-refractivity contribution in [2.75, 3.05) is 19.0 Å². The van der Waals surface area contributed by atoms with Crippen molar-refractivity contribution >= 4 is 11.5 Å². The molecule has 146 valence electrons. The lowest BCUT2D eigenvalue weighted by Crippen LogP contribution is -2.30. The van der Waals surface area contributed by atoms with Crippen LogP contribution in [0, 0.1) is 16.0 Å². The van der Waals surface area contributed by atoms with Crippen molar-refractivity contribution < 1.29 is 14.8 Å². The molecule has 0 saturated heterocycles. The number of hydrogen-bond acceptors (Lipinski definition) is 6. The number of aliphatic hydroxyl groups excluding tert-OH is 1. The molecule has 0 saturated carbocycles. The van der Waals surface area contributed by atoms with Gasteiger partial charge in [-0.25, -0.2) is 4.98 Å². The average Bonchev–Trinajstić information content (AvgIpc) is 2.64. The Balaban J connectivity index is 2.57. The van der Waals surface area contributed by atoms with Crippen LogP contribution < -0.4 is 10.1 Å². The normalized spacial score (nSPS) is 12.3. The molecule has 0 fully saturated rings. The van der Waals surface area contributed by atoms with Gasteiger partial charge in [0.05, 0.1) is 30.4 Å². The minimum atomic E-state index is -0.477. The Morgan fingerprint density at radius 2 is 1.93 bits per heavy atom. The Hall–Kier alpha value is -2.67. The summed E-state index contributed by atoms with van der Waals surface area (Å²) in [6, 6.07) is 8.59. The number of aromatic nitrogens is 1. The number of ether oxygens (including phenoxy) is 1. The molecule has 1 heterocycles. The zero-order valence-corrected chi connectivity index (χ0v) is 16.4. The quantitative estimate of drug-likeness (QED) is 0.531. The van der Waals surface area contributed by atoms with Crippen molar-refractivity contribution in [2.24, 2.45) is 5.92 Å². The van der Waals surface area contributed by atoms with Crippen LogP contribution in [0.25, 0.3) is 11.3 Å². The molecule has 0 bridgehead atoms. The molecule has 0 spiro atoms. The molecule has 1 aromatic carbocycles. The summed E-state index contributed by atoms with van der Waals surface area (Å²) in [6.07, 6.45) is 0. The van der Waals surface area contributed by atoms with Crippen LogP contribution in [0.4, 0.5) is 11.5 Å². The van der Waals surface area contributed by atoms with E-state index in [9.17, 15) is 15.2 Å². The number of nitrogens with one attached hydrogen (secondary N) is 1. The summed E-state index contributed by atoms with van der Waals surface area (Å²) in [5.74, 6) is 1.19. The summed E-state index contributed by atoms with van der Waals surface area (Å²) >= 11 is 0. The first-order valence-corrected chi connectivity index (χ1v) is 8.99. The van der Waals surface area contributed by atoms with Crippen LogP contribution in [0.15, 0.2) is 30.3 Å². The summed E-state index contributed by atoms with van der Waals surface area (Å²) in [7, 11) is 1.58. The van der Waals surface area contributed by atoms with E-state index in [4.69, 9.17) is 4.74 Å². The Labute approximate surface area is 159 Å². The zero-order valence-electron chi connectivity index (χ0n) is 16.4. The fourth-order valence-corrected chi connectivity index (χ4v) is 2.74. The summed E-state index contributed by atoms with van der Waals surface area (Å²) in [6.45, 7) is 7.90. The molecule has 7 heteroatoms. The molecule has 2 aromatic rings. The first-order chi connectivity index (χ1) is 12.8. The highest BCUT2D eigenvalue weighted by Gasteiger charge is 2.22. The molecule has 0 aliphatic carbocycles. The van der Waals surface area contributed by atoms with Crippen LogP contribution in [-0.2, 0) is 0 Å². The van der Waals surface area contributed by atoms with Crippen molar-refractivity contribution in [2.45, 2.75) is 39.7 Å². The maximum atomic E-state index is 11.4. The predicted octanol–water partition coefficient (Wildman–Crippen LogP) is 4.22. The fourth-order valence-electron chi connectivity index (χ4n) is 2.74. The lowest BCUT2D eigenvalue weighted by molar-refractivity contribution is -0.384. The van der Waals surface area contributed by atoms with Crippen LogP contribution in [0.5, 0.6) is 5.75 Å². The highest BCUT2D eigenvalue weighted by Crippen LogP contribution is 2.35. The molecule has 7 nitrogen and oxygen atoms in total. The molecule has 2 N–H and O–H groups in total. The van der Waals surface area contributed by atoms with Gasteiger partial charge in [0.15, 0.2) is 0 Å². The van der Waals surface area contributed by atoms with Crippen molar-refractivity contribution in [1.29, 1.82) is 0 Å². The van der Waals surface area contributed by atoms with Crippen LogP contribution >= 0.6 is 0 Å². The summed E-state index contributed by atoms with van der Waals surface area (Å²) in [5, 5.41) is 24.0. The number of pyridine rings is 1. The highest BCUT2D eigenvalue weighted by atomic mass is 16.6. The van der Waals surface area contributed by atoms with Gasteiger partial charge < -0.3 is 15.2 Å². The maximum Gasteiger partial charge on any atom is 0.311 e. The fraction of sp³-hybridized carbons (Fsp3) is 0.450. The van der Waals surface area contributed by atoms with Gasteiger partial charge in [-0.2, -0.15) is 0 Å². The Kier molecular flexibility index (Phi) is 6.74. The second-order valence-electron chi connectivity index (χ2n) is 7.11. The lowest BCUT2D eigenvalue weighted by Gasteiger charge is -2.21. The van der Waals surface area contributed by atoms with Crippen LogP contribution in [0.3, 0.4) is 0 Å². The number of aliphatic hydroxyl groups is 1. The summed E-state index contributed by atoms with van der Waals surface area (Å²) in [4.78, 5) is 15.4. The van der Waals surface area contributed by atoms with E-state index in [1.165, 1.54) is 6.07 Å². The number of hydrogen-bond donors (Lipinski definition) is 2. The molecule has 1 atom stereocenters. The van der Waals surface area contributed by atoms with Crippen molar-refractivity contribution in [3.8, 4) is 17.0 Å². The SMILES string of the molecule is COc1ccc(C(C)C)cc1-c1ccc([N+](=O)[O-])c(N[C@H](CO)C(C)C)n1. The van der Waals surface area contributed by atoms with Gasteiger partial charge in [0.1, 0.15) is 5.75 Å². The third kappa shape index (κ3) is 4.74. The number of methoxy groups -OCH3 is 1. The average molecular weight is 373 g/mol. The molecule has 2 rings (SSSR count). The Morgan fingerprint density at radius 1 is 1.22 bits per heavy atom. The molecule has 0 aliphatic heterocycles. The smallest absolute Gasteiger partial charge is 0.311 e. The van der Waals surface area contributed by atoms with Crippen molar-refractivity contribution in [3.05, 3.63) is 46.0 Å². The minimum absolute atomic E-state index is 0.0823. The monoisotopic (exact) mass is 373 g/mol. The molecule has 0 unspecified atom stereocenters. The number of benzene rings is 1. The molecule has 0 radical (unpaired) electrons. The lowest BCUT2D eigenvalue weighted by atomic mass is 9.98. The molecular weight excluding hydrogens is 346 g/mol. The van der Waals surface area contributed by atoms with Gasteiger partial charge in [0.25, 0.3) is 0 Å². The largest absolute Gasteiger partial charge is 0.496 e. The molecule has 0 amide bonds. The van der Waals surface area contributed by atoms with Crippen molar-refractivity contribution in [3.63, 3.8) is 0 Å². The van der Waals surface area contributed by atoms with Gasteiger partial charge >= 0.3 is 5.69 Å². The van der Waals surface area contributed by atoms with E-state index in [0.717, 1.165) is 11.1 Å². The highest BCUT2D eigenvalue weighted by molar-refractivity contribution is 5.72. The van der Waals surface area contributed by atoms with E-state index >= 15 is 0 Å². The summed E-state index contributed by atoms with van der Waals surface area (Å²) < 4.78 is 5.46. The van der Waals surface area contributed by atoms with E-state index in [2.05, 4.69) is 24.1 Å². The minimum Gasteiger partial charge on any atom is -0.496 e. The topological polar surface area (TPSA) is 97.5 Å². The van der Waals surface area contributed by atoms with E-state index in [-0.39, 0.29) is 30.1 Å². The molecular formula is C20H27N3O4. The number of nitro groups is 1. The first kappa shape index (κ1) is 20.6. The van der Waals surface area contributed by atoms with Gasteiger partial charge in [-0.3, -0.25) is 10.1 Å². The molecule has 1 aromatic heterocycles. The first-order valence-electron chi connectivity index (χ1n) is 8.99. The van der Waals surface area contributed by atoms with E-state index < -0.39 is 4.92 Å². The van der Waals surface area contributed by atoms with E-state index in [1.807, 2.05) is 32.0 Å². The third-order valence-corrected chi connectivity index (χ3v) is 4.56. The van der Waals surface area contributed by atoms with Gasteiger partial charge in [-0.15, -0.1) is 0 Å². The molecule has 0 aliphatic rings. The molecule has 27 heavy (non-hydrogen) atoms. The third-order valence-electron chi connectivity index (χ3n) is 4.56. The number of rotatable bonds is 8. The number of anilines is 1. The van der Waals surface area contributed by atoms with Gasteiger partial charge in [-0.05, 0) is 35.6 Å². The predicted molar refractivity (Wildman–Crippen MR) is 106 cm³/mol. The van der Waals surface area contributed by atoms with Gasteiger partial charge in [0.2, 0.25) is 5.82 Å². The van der Waals surface area contributed by atoms with Crippen molar-refractivity contribution in [1.82, 2.24) is 4.98 Å². The number of nitrogens with zero attached hydrogens (tertiary/aromatic N) is 2. The van der Waals surface area contributed by atoms with Gasteiger partial charge in [0, 0.05) is 11.6 Å². The standard InChI is InChI=1S/C20H27N3O4/c1-12(2)14-6-9-19(27-5)15(10-14)16-7-8-18(23(25)26)20(21-16)22-17(11-24)13(3)4/h6-10,12-13,17,24H,11H2,1-5H3,(H,21,22)/t17-/m1/s1. The second-order valence-corrected chi connectivity index (χ2v) is 7.11. The zero-order chi connectivity index (χ0) is 20.1.